The Morgan fingerprint density at radius 1 is 1.20 bits per heavy atom. The third-order valence-electron chi connectivity index (χ3n) is 0.333. The molecule has 0 unspecified atom stereocenters. The van der Waals surface area contributed by atoms with E-state index in [9.17, 15) is 0 Å². The van der Waals surface area contributed by atoms with Gasteiger partial charge < -0.3 is 0 Å². The maximum atomic E-state index is 2.15. The van der Waals surface area contributed by atoms with E-state index in [1.54, 1.807) is 0 Å². The normalized spacial score (nSPS) is 5.20. The third kappa shape index (κ3) is 3.96. The second kappa shape index (κ2) is 3.96. The van der Waals surface area contributed by atoms with Gasteiger partial charge in [0.1, 0.15) is 0 Å². The summed E-state index contributed by atoms with van der Waals surface area (Å²) in [6, 6.07) is 0. The third-order valence-corrected chi connectivity index (χ3v) is 1.00. The molecule has 0 amide bonds. The van der Waals surface area contributed by atoms with E-state index in [2.05, 4.69) is 25.2 Å². The molecule has 0 bridgehead atoms. The van der Waals surface area contributed by atoms with Gasteiger partial charge in [-0.1, -0.05) is 11.3 Å². The molecule has 0 atom stereocenters. The summed E-state index contributed by atoms with van der Waals surface area (Å²) in [6.45, 7) is 4.14. The van der Waals surface area contributed by atoms with Crippen molar-refractivity contribution in [2.24, 2.45) is 0 Å². The Balaban J connectivity index is 3.26. The Bertz CT molecular complexity index is 52.0. The summed E-state index contributed by atoms with van der Waals surface area (Å²) in [7, 11) is 0.948. The lowest BCUT2D eigenvalue weighted by molar-refractivity contribution is 2.12. The minimum absolute atomic E-state index is 0.948. The van der Waals surface area contributed by atoms with Gasteiger partial charge in [0, 0.05) is 0 Å². The summed E-state index contributed by atoms with van der Waals surface area (Å²) in [5, 5.41) is 0. The molecule has 0 aliphatic heterocycles. The van der Waals surface area contributed by atoms with Gasteiger partial charge in [0.25, 0.3) is 0 Å². The molecule has 0 aliphatic carbocycles. The highest BCUT2D eigenvalue weighted by Crippen LogP contribution is 1.25. The first-order valence-corrected chi connectivity index (χ1v) is 2.89. The zero-order valence-corrected chi connectivity index (χ0v) is 4.65. The van der Waals surface area contributed by atoms with Gasteiger partial charge in [-0.25, -0.2) is 0 Å². The molecule has 0 saturated heterocycles. The lowest BCUT2D eigenvalue weighted by Crippen LogP contribution is -1.64. The summed E-state index contributed by atoms with van der Waals surface area (Å²) in [6.07, 6.45) is 0. The fraction of sp³-hybridized carbons (Fsp3) is 0.500. The average molecular weight is 84.2 g/mol. The van der Waals surface area contributed by atoms with Crippen LogP contribution in [0.3, 0.4) is 0 Å². The Labute approximate surface area is 34.9 Å². The van der Waals surface area contributed by atoms with Crippen molar-refractivity contribution in [2.75, 3.05) is 0 Å². The zero-order chi connectivity index (χ0) is 4.12. The minimum Gasteiger partial charge on any atom is -0.0731 e. The fourth-order valence-corrected chi connectivity index (χ4v) is 0.500. The number of hydrogen-bond acceptors (Lipinski definition) is 0. The molecule has 0 aromatic rings. The Kier molecular flexibility index (Phi) is 3.92. The summed E-state index contributed by atoms with van der Waals surface area (Å²) in [5.41, 5.74) is 4.31. The molecule has 0 aromatic carbocycles. The van der Waals surface area contributed by atoms with Crippen molar-refractivity contribution in [3.63, 3.8) is 0 Å². The van der Waals surface area contributed by atoms with Gasteiger partial charge >= 0.3 is 0 Å². The molecular formula is C4H8Si. The predicted molar refractivity (Wildman–Crippen MR) is 29.2 cm³/mol. The van der Waals surface area contributed by atoms with E-state index < -0.39 is 0 Å². The monoisotopic (exact) mass is 84.0 g/mol. The van der Waals surface area contributed by atoms with Crippen molar-refractivity contribution in [1.29, 1.82) is 0 Å². The molecule has 0 spiro atoms. The molecule has 0 aliphatic rings. The van der Waals surface area contributed by atoms with Crippen LogP contribution < -0.4 is 0 Å². The van der Waals surface area contributed by atoms with E-state index in [4.69, 9.17) is 0 Å². The van der Waals surface area contributed by atoms with E-state index in [1.165, 1.54) is 0 Å². The van der Waals surface area contributed by atoms with Gasteiger partial charge in [0.05, 0.1) is 0 Å². The predicted octanol–water partition coefficient (Wildman–Crippen LogP) is 0.335. The zero-order valence-electron chi connectivity index (χ0n) is 3.65. The van der Waals surface area contributed by atoms with Crippen LogP contribution in [0.5, 0.6) is 0 Å². The van der Waals surface area contributed by atoms with Crippen molar-refractivity contribution in [3.05, 3.63) is 0 Å². The van der Waals surface area contributed by atoms with Crippen LogP contribution in [0, 0.1) is 0 Å². The van der Waals surface area contributed by atoms with Crippen LogP contribution in [-0.4, -0.2) is 20.1 Å². The SMILES string of the molecule is CC=[Si]=CC. The molecule has 0 nitrogen and oxygen atoms in total. The maximum absolute atomic E-state index is 2.15. The van der Waals surface area contributed by atoms with Crippen molar-refractivity contribution < 1.29 is 0 Å². The van der Waals surface area contributed by atoms with Crippen molar-refractivity contribution >= 4 is 20.1 Å². The topological polar surface area (TPSA) is 0 Å². The van der Waals surface area contributed by atoms with E-state index in [0.717, 1.165) is 8.74 Å². The summed E-state index contributed by atoms with van der Waals surface area (Å²) >= 11 is 0. The number of rotatable bonds is 0. The average Bonchev–Trinajstić information content (AvgIpc) is 1.41. The second-order valence-corrected chi connectivity index (χ2v) is 2.23. The van der Waals surface area contributed by atoms with Crippen LogP contribution in [0.2, 0.25) is 0 Å². The van der Waals surface area contributed by atoms with Gasteiger partial charge in [-0.15, -0.1) is 0 Å². The van der Waals surface area contributed by atoms with Crippen LogP contribution in [-0.2, 0) is 0 Å². The first kappa shape index (κ1) is 4.96. The van der Waals surface area contributed by atoms with Crippen molar-refractivity contribution in [1.82, 2.24) is 0 Å². The fourth-order valence-electron chi connectivity index (χ4n) is 0.167. The Morgan fingerprint density at radius 3 is 1.60 bits per heavy atom. The largest absolute Gasteiger partial charge is 0.0731 e. The molecule has 28 valence electrons. The van der Waals surface area contributed by atoms with Crippen LogP contribution in [0.4, 0.5) is 0 Å². The van der Waals surface area contributed by atoms with Crippen molar-refractivity contribution in [3.8, 4) is 0 Å². The first-order valence-electron chi connectivity index (χ1n) is 1.73. The molecular weight excluding hydrogens is 76.1 g/mol. The summed E-state index contributed by atoms with van der Waals surface area (Å²) < 4.78 is 0. The Hall–Kier alpha value is -0.0431. The first-order chi connectivity index (χ1) is 2.41. The van der Waals surface area contributed by atoms with Crippen LogP contribution >= 0.6 is 0 Å². The van der Waals surface area contributed by atoms with E-state index in [-0.39, 0.29) is 0 Å². The molecule has 0 N–H and O–H groups in total. The Morgan fingerprint density at radius 2 is 1.60 bits per heavy atom. The van der Waals surface area contributed by atoms with Crippen LogP contribution in [0.25, 0.3) is 0 Å². The lowest BCUT2D eigenvalue weighted by Gasteiger charge is -1.47. The highest BCUT2D eigenvalue weighted by molar-refractivity contribution is 6.54. The lowest BCUT2D eigenvalue weighted by atomic mass is 11.0. The molecule has 0 aromatic heterocycles. The minimum atomic E-state index is 0.948. The van der Waals surface area contributed by atoms with Gasteiger partial charge in [-0.2, -0.15) is 0 Å². The van der Waals surface area contributed by atoms with Gasteiger partial charge in [0.2, 0.25) is 0 Å². The van der Waals surface area contributed by atoms with Crippen molar-refractivity contribution in [2.45, 2.75) is 13.8 Å². The number of hydrogen-bond donors (Lipinski definition) is 0. The van der Waals surface area contributed by atoms with E-state index >= 15 is 0 Å². The molecule has 0 radical (unpaired) electrons. The molecule has 5 heavy (non-hydrogen) atoms. The molecule has 0 rings (SSSR count). The van der Waals surface area contributed by atoms with Crippen LogP contribution in [0.1, 0.15) is 13.8 Å². The van der Waals surface area contributed by atoms with Gasteiger partial charge in [-0.05, 0) is 22.6 Å². The van der Waals surface area contributed by atoms with Gasteiger partial charge in [-0.3, -0.25) is 0 Å². The quantitative estimate of drug-likeness (QED) is 0.371. The maximum Gasteiger partial charge on any atom is -0.0449 e. The standard InChI is InChI=1S/C4H8Si/c1-3-5-4-2/h3-4H,1-2H3. The molecule has 0 heterocycles. The highest BCUT2D eigenvalue weighted by atomic mass is 28.1. The van der Waals surface area contributed by atoms with E-state index in [1.807, 2.05) is 0 Å². The molecule has 1 heteroatoms. The summed E-state index contributed by atoms with van der Waals surface area (Å²) in [5.74, 6) is 0. The summed E-state index contributed by atoms with van der Waals surface area (Å²) in [4.78, 5) is 0. The van der Waals surface area contributed by atoms with Gasteiger partial charge in [0.15, 0.2) is 0 Å². The molecule has 0 saturated carbocycles. The smallest absolute Gasteiger partial charge is 0.0449 e. The second-order valence-electron chi connectivity index (χ2n) is 0.744. The van der Waals surface area contributed by atoms with E-state index in [0.29, 0.717) is 0 Å². The molecule has 0 fully saturated rings. The van der Waals surface area contributed by atoms with Crippen LogP contribution in [0.15, 0.2) is 0 Å². The highest BCUT2D eigenvalue weighted by Gasteiger charge is 1.36.